The van der Waals surface area contributed by atoms with Crippen LogP contribution in [-0.2, 0) is 6.61 Å². The van der Waals surface area contributed by atoms with Gasteiger partial charge in [0, 0.05) is 6.07 Å². The second kappa shape index (κ2) is 8.68. The van der Waals surface area contributed by atoms with Crippen LogP contribution in [0.5, 0.6) is 5.75 Å². The first-order valence-corrected chi connectivity index (χ1v) is 9.82. The maximum Gasteiger partial charge on any atom is 0.221 e. The van der Waals surface area contributed by atoms with Crippen LogP contribution in [0.3, 0.4) is 0 Å². The summed E-state index contributed by atoms with van der Waals surface area (Å²) < 4.78 is 71.0. The lowest BCUT2D eigenvalue weighted by Crippen LogP contribution is -2.03. The largest absolute Gasteiger partial charge is 0.479 e. The molecule has 160 valence electrons. The van der Waals surface area contributed by atoms with Gasteiger partial charge in [-0.2, -0.15) is 18.6 Å². The summed E-state index contributed by atoms with van der Waals surface area (Å²) in [5.74, 6) is -6.30. The summed E-state index contributed by atoms with van der Waals surface area (Å²) in [5, 5.41) is 12.8. The van der Waals surface area contributed by atoms with Gasteiger partial charge in [-0.3, -0.25) is 0 Å². The van der Waals surface area contributed by atoms with Crippen molar-refractivity contribution in [2.24, 2.45) is 5.10 Å². The number of aromatic nitrogens is 3. The number of hydrogen-bond acceptors (Lipinski definition) is 7. The number of ether oxygens (including phenoxy) is 1. The summed E-state index contributed by atoms with van der Waals surface area (Å²) in [6, 6.07) is 6.49. The quantitative estimate of drug-likeness (QED) is 0.172. The molecule has 0 aliphatic rings. The van der Waals surface area contributed by atoms with Gasteiger partial charge in [0.2, 0.25) is 22.6 Å². The lowest BCUT2D eigenvalue weighted by atomic mass is 10.3. The van der Waals surface area contributed by atoms with Gasteiger partial charge in [-0.25, -0.2) is 8.78 Å². The Bertz CT molecular complexity index is 1210. The second-order valence-electron chi connectivity index (χ2n) is 5.93. The average molecular weight is 452 g/mol. The summed E-state index contributed by atoms with van der Waals surface area (Å²) >= 11 is 1.32. The van der Waals surface area contributed by atoms with E-state index < -0.39 is 35.6 Å². The van der Waals surface area contributed by atoms with Crippen molar-refractivity contribution < 1.29 is 31.1 Å². The lowest BCUT2D eigenvalue weighted by Gasteiger charge is -2.08. The molecule has 0 radical (unpaired) electrons. The molecule has 0 amide bonds. The molecule has 12 heteroatoms. The Hall–Kier alpha value is -3.54. The first kappa shape index (κ1) is 20.7. The minimum absolute atomic E-state index is 0.101. The van der Waals surface area contributed by atoms with E-state index in [9.17, 15) is 17.6 Å². The number of furan rings is 2. The third kappa shape index (κ3) is 4.19. The van der Waals surface area contributed by atoms with Crippen LogP contribution in [0.25, 0.3) is 11.6 Å². The monoisotopic (exact) mass is 452 g/mol. The summed E-state index contributed by atoms with van der Waals surface area (Å²) in [4.78, 5) is 0. The van der Waals surface area contributed by atoms with Gasteiger partial charge in [0.1, 0.15) is 18.1 Å². The highest BCUT2D eigenvalue weighted by atomic mass is 32.2. The molecule has 0 saturated carbocycles. The third-order valence-electron chi connectivity index (χ3n) is 3.95. The molecule has 0 bridgehead atoms. The van der Waals surface area contributed by atoms with Gasteiger partial charge in [-0.05, 0) is 30.5 Å². The highest BCUT2D eigenvalue weighted by molar-refractivity contribution is 7.98. The maximum atomic E-state index is 13.7. The first-order chi connectivity index (χ1) is 15.0. The van der Waals surface area contributed by atoms with E-state index in [0.717, 1.165) is 0 Å². The highest BCUT2D eigenvalue weighted by Crippen LogP contribution is 2.27. The number of rotatable bonds is 7. The van der Waals surface area contributed by atoms with E-state index >= 15 is 0 Å². The van der Waals surface area contributed by atoms with Gasteiger partial charge in [0.25, 0.3) is 0 Å². The van der Waals surface area contributed by atoms with Gasteiger partial charge in [0.15, 0.2) is 23.1 Å². The smallest absolute Gasteiger partial charge is 0.221 e. The topological polar surface area (TPSA) is 78.6 Å². The number of thioether (sulfide) groups is 1. The van der Waals surface area contributed by atoms with Crippen LogP contribution in [0.2, 0.25) is 0 Å². The molecule has 4 rings (SSSR count). The molecule has 0 N–H and O–H groups in total. The molecule has 0 fully saturated rings. The van der Waals surface area contributed by atoms with Gasteiger partial charge < -0.3 is 13.6 Å². The van der Waals surface area contributed by atoms with Crippen LogP contribution in [0.4, 0.5) is 17.6 Å². The zero-order valence-corrected chi connectivity index (χ0v) is 16.5. The third-order valence-corrected chi connectivity index (χ3v) is 4.57. The Kier molecular flexibility index (Phi) is 5.80. The van der Waals surface area contributed by atoms with Gasteiger partial charge >= 0.3 is 0 Å². The molecular formula is C19H12F4N4O3S. The van der Waals surface area contributed by atoms with Crippen LogP contribution in [0.1, 0.15) is 11.5 Å². The predicted molar refractivity (Wildman–Crippen MR) is 102 cm³/mol. The molecule has 0 unspecified atom stereocenters. The summed E-state index contributed by atoms with van der Waals surface area (Å²) in [5.41, 5.74) is 0. The van der Waals surface area contributed by atoms with Crippen LogP contribution in [-0.4, -0.2) is 27.3 Å². The molecule has 0 aliphatic carbocycles. The molecule has 0 aliphatic heterocycles. The molecule has 1 aromatic carbocycles. The lowest BCUT2D eigenvalue weighted by molar-refractivity contribution is 0.237. The van der Waals surface area contributed by atoms with Crippen molar-refractivity contribution in [2.45, 2.75) is 11.8 Å². The van der Waals surface area contributed by atoms with Crippen molar-refractivity contribution in [3.63, 3.8) is 0 Å². The zero-order valence-electron chi connectivity index (χ0n) is 15.7. The van der Waals surface area contributed by atoms with Gasteiger partial charge in [-0.1, -0.05) is 11.8 Å². The molecular weight excluding hydrogens is 440 g/mol. The number of halogens is 4. The number of nitrogens with zero attached hydrogens (tertiary/aromatic N) is 4. The van der Waals surface area contributed by atoms with Gasteiger partial charge in [-0.15, -0.1) is 10.2 Å². The normalized spacial score (nSPS) is 11.5. The molecule has 0 atom stereocenters. The van der Waals surface area contributed by atoms with Crippen molar-refractivity contribution in [2.75, 3.05) is 6.26 Å². The summed E-state index contributed by atoms with van der Waals surface area (Å²) in [6.45, 7) is -0.467. The fourth-order valence-electron chi connectivity index (χ4n) is 2.53. The maximum absolute atomic E-state index is 13.7. The summed E-state index contributed by atoms with van der Waals surface area (Å²) in [7, 11) is 0. The van der Waals surface area contributed by atoms with Gasteiger partial charge in [0.05, 0.1) is 12.5 Å². The SMILES string of the molecule is CSc1nnc(-c2ccco2)n1/N=C/c1ccc(COc2c(F)c(F)cc(F)c2F)o1. The van der Waals surface area contributed by atoms with E-state index in [4.69, 9.17) is 13.6 Å². The van der Waals surface area contributed by atoms with Crippen molar-refractivity contribution in [3.05, 3.63) is 71.4 Å². The molecule has 31 heavy (non-hydrogen) atoms. The molecule has 4 aromatic rings. The molecule has 0 saturated heterocycles. The van der Waals surface area contributed by atoms with E-state index in [1.807, 2.05) is 0 Å². The van der Waals surface area contributed by atoms with E-state index in [0.29, 0.717) is 16.7 Å². The minimum atomic E-state index is -1.63. The molecule has 3 heterocycles. The van der Waals surface area contributed by atoms with Crippen LogP contribution in [0, 0.1) is 23.3 Å². The van der Waals surface area contributed by atoms with Crippen molar-refractivity contribution >= 4 is 18.0 Å². The Morgan fingerprint density at radius 3 is 2.58 bits per heavy atom. The Labute approximate surface area is 176 Å². The Balaban J connectivity index is 1.51. The molecule has 0 spiro atoms. The fourth-order valence-corrected chi connectivity index (χ4v) is 2.96. The van der Waals surface area contributed by atoms with Crippen LogP contribution < -0.4 is 4.74 Å². The van der Waals surface area contributed by atoms with Crippen LogP contribution >= 0.6 is 11.8 Å². The van der Waals surface area contributed by atoms with E-state index in [-0.39, 0.29) is 17.6 Å². The number of benzene rings is 1. The van der Waals surface area contributed by atoms with Crippen molar-refractivity contribution in [3.8, 4) is 17.3 Å². The second-order valence-corrected chi connectivity index (χ2v) is 6.71. The van der Waals surface area contributed by atoms with Crippen molar-refractivity contribution in [1.82, 2.24) is 14.9 Å². The van der Waals surface area contributed by atoms with E-state index in [1.165, 1.54) is 41.0 Å². The van der Waals surface area contributed by atoms with E-state index in [1.54, 1.807) is 18.4 Å². The van der Waals surface area contributed by atoms with E-state index in [2.05, 4.69) is 15.3 Å². The minimum Gasteiger partial charge on any atom is -0.479 e. The highest BCUT2D eigenvalue weighted by Gasteiger charge is 2.21. The average Bonchev–Trinajstić information content (AvgIpc) is 3.50. The summed E-state index contributed by atoms with van der Waals surface area (Å²) in [6.07, 6.45) is 4.66. The molecule has 3 aromatic heterocycles. The zero-order chi connectivity index (χ0) is 22.0. The van der Waals surface area contributed by atoms with Crippen LogP contribution in [0.15, 0.2) is 55.7 Å². The number of hydrogen-bond donors (Lipinski definition) is 0. The first-order valence-electron chi connectivity index (χ1n) is 8.60. The predicted octanol–water partition coefficient (Wildman–Crippen LogP) is 4.87. The molecule has 7 nitrogen and oxygen atoms in total. The standard InChI is InChI=1S/C19H12F4N4O3S/c1-31-19-26-25-18(14-3-2-6-28-14)27(19)24-8-10-4-5-11(30-10)9-29-17-15(22)12(20)7-13(21)16(17)23/h2-8H,9H2,1H3/b24-8+. The Morgan fingerprint density at radius 1 is 1.13 bits per heavy atom. The Morgan fingerprint density at radius 2 is 1.90 bits per heavy atom. The fraction of sp³-hybridized carbons (Fsp3) is 0.105. The van der Waals surface area contributed by atoms with Crippen molar-refractivity contribution in [1.29, 1.82) is 0 Å².